The van der Waals surface area contributed by atoms with Crippen molar-refractivity contribution in [2.45, 2.75) is 104 Å². The third kappa shape index (κ3) is 10.5. The highest BCUT2D eigenvalue weighted by molar-refractivity contribution is 7.89. The largest absolute Gasteiger partial charge is 0.113 e. The minimum atomic E-state index is -1.28. The highest BCUT2D eigenvalue weighted by atomic mass is 14.4. The Kier molecular flexibility index (Phi) is 21.1. The van der Waals surface area contributed by atoms with Gasteiger partial charge in [-0.2, -0.15) is 0 Å². The van der Waals surface area contributed by atoms with E-state index in [1.54, 1.807) is 0 Å². The van der Waals surface area contributed by atoms with E-state index in [9.17, 15) is 0 Å². The number of benzene rings is 6. The maximum Gasteiger partial charge on any atom is 0.113 e. The molecule has 0 aromatic heterocycles. The molecule has 40 radical (unpaired) electrons. The standard InChI is InChI=1S/C49H47B33/c1-16-17(2)22(7)32-29(14)34(28(13)27(12)31(32)21(16)6)35-25(10)20(5)26(11)37-38(35)30(15)33-23(8)18(3)19(4)24(9)36(33)39(37)41-44(68-51)43(50)40-42(45(41)72(55)69-52)46(73(56)77(57)58)48(74(70-53)78(59)60)49(75(79(61)62)80(63)64)47(40)76(81(65)66)82(67)71-54/h20,25H,1-15H3. The zero-order valence-electron chi connectivity index (χ0n) is 51.2. The summed E-state index contributed by atoms with van der Waals surface area (Å²) in [6.45, 7) is 27.9. The van der Waals surface area contributed by atoms with Crippen LogP contribution in [0.5, 0.6) is 0 Å². The molecular formula is C49H47B33. The molecule has 0 spiro atoms. The number of aryl methyl sites for hydroxylation is 7. The van der Waals surface area contributed by atoms with E-state index in [1.807, 2.05) is 0 Å². The maximum atomic E-state index is 8.00. The Morgan fingerprint density at radius 3 is 1.24 bits per heavy atom. The molecule has 0 heterocycles. The topological polar surface area (TPSA) is 0 Å². The number of fused-ring (bicyclic) bond motifs is 4. The van der Waals surface area contributed by atoms with E-state index in [4.69, 9.17) is 139 Å². The molecule has 7 rings (SSSR count). The van der Waals surface area contributed by atoms with Crippen LogP contribution in [0.2, 0.25) is 0 Å². The van der Waals surface area contributed by atoms with Gasteiger partial charge in [0.15, 0.2) is 0 Å². The first-order valence-electron chi connectivity index (χ1n) is 28.5. The molecule has 6 aromatic carbocycles. The first-order valence-corrected chi connectivity index (χ1v) is 28.5. The van der Waals surface area contributed by atoms with Crippen LogP contribution in [0, 0.1) is 94.9 Å². The summed E-state index contributed by atoms with van der Waals surface area (Å²) in [6.07, 6.45) is -7.39. The second kappa shape index (κ2) is 25.6. The number of hydrogen-bond acceptors (Lipinski definition) is 0. The monoisotopic (exact) mass is 999 g/mol. The average molecular weight is 993 g/mol. The third-order valence-electron chi connectivity index (χ3n) is 20.0. The van der Waals surface area contributed by atoms with Gasteiger partial charge < -0.3 is 0 Å². The zero-order valence-corrected chi connectivity index (χ0v) is 51.2. The van der Waals surface area contributed by atoms with Gasteiger partial charge in [-0.25, -0.2) is 0 Å². The van der Waals surface area contributed by atoms with Crippen LogP contribution in [-0.4, -0.2) is 239 Å². The summed E-state index contributed by atoms with van der Waals surface area (Å²) in [5, 5.41) is 7.40. The molecule has 342 valence electrons. The molecule has 33 heteroatoms. The smallest absolute Gasteiger partial charge is 0.113 e. The van der Waals surface area contributed by atoms with Crippen molar-refractivity contribution in [1.82, 2.24) is 0 Å². The molecule has 2 unspecified atom stereocenters. The highest BCUT2D eigenvalue weighted by Crippen LogP contribution is 2.45. The Morgan fingerprint density at radius 2 is 0.817 bits per heavy atom. The normalized spacial score (nSPS) is 13.9. The molecule has 1 aliphatic rings. The number of rotatable bonds is 17. The Labute approximate surface area is 525 Å². The Bertz CT molecular complexity index is 3700. The van der Waals surface area contributed by atoms with E-state index in [0.717, 1.165) is 60.2 Å². The molecule has 0 saturated carbocycles. The fraction of sp³-hybridized carbons (Fsp3) is 0.347. The lowest BCUT2D eigenvalue weighted by Gasteiger charge is -2.42. The van der Waals surface area contributed by atoms with E-state index in [-0.39, 0.29) is 28.2 Å². The quantitative estimate of drug-likeness (QED) is 0.0801. The van der Waals surface area contributed by atoms with Gasteiger partial charge in [0.2, 0.25) is 0 Å². The van der Waals surface area contributed by atoms with Crippen LogP contribution >= 0.6 is 0 Å². The van der Waals surface area contributed by atoms with Crippen molar-refractivity contribution in [3.05, 3.63) is 82.8 Å². The summed E-state index contributed by atoms with van der Waals surface area (Å²) in [7, 11) is 131. The molecule has 0 amide bonds. The zero-order chi connectivity index (χ0) is 61.8. The van der Waals surface area contributed by atoms with Crippen molar-refractivity contribution in [2.75, 3.05) is 0 Å². The van der Waals surface area contributed by atoms with E-state index in [0.29, 0.717) is 38.2 Å². The first kappa shape index (κ1) is 67.5. The fourth-order valence-electron chi connectivity index (χ4n) is 14.7. The Hall–Kier alpha value is -2.02. The Morgan fingerprint density at radius 1 is 0.354 bits per heavy atom. The van der Waals surface area contributed by atoms with Crippen LogP contribution in [-0.2, 0) is 0 Å². The molecule has 6 aromatic rings. The molecule has 0 N–H and O–H groups in total. The van der Waals surface area contributed by atoms with Crippen molar-refractivity contribution < 1.29 is 0 Å². The van der Waals surface area contributed by atoms with Crippen LogP contribution in [0.4, 0.5) is 0 Å². The molecule has 0 nitrogen and oxygen atoms in total. The average Bonchev–Trinajstić information content (AvgIpc) is 3.60. The number of hydrogen-bond donors (Lipinski definition) is 0. The van der Waals surface area contributed by atoms with Crippen molar-refractivity contribution in [3.8, 4) is 11.1 Å². The van der Waals surface area contributed by atoms with Crippen LogP contribution in [0.25, 0.3) is 54.6 Å². The lowest BCUT2D eigenvalue weighted by atomic mass is 8.66. The molecule has 0 bridgehead atoms. The molecule has 0 saturated heterocycles. The SMILES string of the molecule is [B][B]B([B])B(B([B])[B])c1c(B(B([B])[B])B([B])[B])c(B([B][B])B([B])[B])c(B([B])B([B])[B])c2c(B([B])[B][B])c(-c3c4c(c(C)c5c(C)c(C)c(C)c(C)c35)=C(c3c(C)c(C)c5c(C)c(C)c(C)c(C)c5c3C)C(C)C(C)C=4C)c([B][B])c([B])c12. The van der Waals surface area contributed by atoms with Crippen LogP contribution in [0.15, 0.2) is 0 Å². The second-order valence-electron chi connectivity index (χ2n) is 24.0. The van der Waals surface area contributed by atoms with Gasteiger partial charge in [0.25, 0.3) is 0 Å². The van der Waals surface area contributed by atoms with Crippen LogP contribution < -0.4 is 48.7 Å². The van der Waals surface area contributed by atoms with E-state index < -0.39 is 70.8 Å². The molecule has 82 heavy (non-hydrogen) atoms. The summed E-state index contributed by atoms with van der Waals surface area (Å²) in [5.74, 6) is 0.0316. The van der Waals surface area contributed by atoms with Gasteiger partial charge in [0.1, 0.15) is 7.85 Å². The Balaban J connectivity index is 2.06. The summed E-state index contributed by atoms with van der Waals surface area (Å²) in [4.78, 5) is 0. The summed E-state index contributed by atoms with van der Waals surface area (Å²) >= 11 is 0. The molecule has 1 aliphatic carbocycles. The maximum absolute atomic E-state index is 8.00. The van der Waals surface area contributed by atoms with Crippen molar-refractivity contribution in [3.63, 3.8) is 0 Å². The van der Waals surface area contributed by atoms with Crippen LogP contribution in [0.3, 0.4) is 0 Å². The van der Waals surface area contributed by atoms with Crippen molar-refractivity contribution in [1.29, 1.82) is 0 Å². The summed E-state index contributed by atoms with van der Waals surface area (Å²) in [6, 6.07) is 0. The molecule has 0 aliphatic heterocycles. The summed E-state index contributed by atoms with van der Waals surface area (Å²) in [5.41, 5.74) is 21.6. The highest BCUT2D eigenvalue weighted by Gasteiger charge is 2.43. The van der Waals surface area contributed by atoms with Gasteiger partial charge in [-0.05, 0) is 234 Å². The fourth-order valence-corrected chi connectivity index (χ4v) is 14.7. The lowest BCUT2D eigenvalue weighted by molar-refractivity contribution is 0.573. The van der Waals surface area contributed by atoms with Crippen molar-refractivity contribution >= 4 is 320 Å². The molecular weight excluding hydrogens is 945 g/mol. The second-order valence-corrected chi connectivity index (χ2v) is 24.0. The lowest BCUT2D eigenvalue weighted by Crippen LogP contribution is -2.80. The third-order valence-corrected chi connectivity index (χ3v) is 20.0. The van der Waals surface area contributed by atoms with Gasteiger partial charge >= 0.3 is 0 Å². The van der Waals surface area contributed by atoms with Gasteiger partial charge in [-0.15, -0.1) is 10.9 Å². The van der Waals surface area contributed by atoms with Gasteiger partial charge in [-0.3, -0.25) is 0 Å². The molecule has 2 atom stereocenters. The minimum absolute atomic E-state index is 0.00436. The van der Waals surface area contributed by atoms with Gasteiger partial charge in [0.05, 0.1) is 39.6 Å². The van der Waals surface area contributed by atoms with E-state index in [2.05, 4.69) is 104 Å². The predicted octanol–water partition coefficient (Wildman–Crippen LogP) is -6.17. The van der Waals surface area contributed by atoms with Crippen LogP contribution in [0.1, 0.15) is 93.1 Å². The minimum Gasteiger partial charge on any atom is -0.113 e. The molecule has 0 fully saturated rings. The van der Waals surface area contributed by atoms with E-state index in [1.165, 1.54) is 89.2 Å². The van der Waals surface area contributed by atoms with Crippen molar-refractivity contribution in [2.24, 2.45) is 11.8 Å². The van der Waals surface area contributed by atoms with E-state index >= 15 is 0 Å². The van der Waals surface area contributed by atoms with Gasteiger partial charge in [0, 0.05) is 191 Å². The van der Waals surface area contributed by atoms with Gasteiger partial charge in [-0.1, -0.05) is 46.7 Å². The summed E-state index contributed by atoms with van der Waals surface area (Å²) < 4.78 is 0. The predicted molar refractivity (Wildman–Crippen MR) is 404 cm³/mol. The first-order chi connectivity index (χ1) is 38.2.